The van der Waals surface area contributed by atoms with Crippen molar-refractivity contribution in [2.24, 2.45) is 0 Å². The summed E-state index contributed by atoms with van der Waals surface area (Å²) in [7, 11) is 0. The average Bonchev–Trinajstić information content (AvgIpc) is 3.52. The summed E-state index contributed by atoms with van der Waals surface area (Å²) in [5, 5.41) is 10.7. The average molecular weight is 454 g/mol. The van der Waals surface area contributed by atoms with E-state index in [1.165, 1.54) is 0 Å². The summed E-state index contributed by atoms with van der Waals surface area (Å²) in [6.07, 6.45) is 5.26. The first-order chi connectivity index (χ1) is 16.7. The largest absolute Gasteiger partial charge is 0.450 e. The smallest absolute Gasteiger partial charge is 0.231 e. The van der Waals surface area contributed by atoms with Crippen molar-refractivity contribution in [2.75, 3.05) is 36.5 Å². The summed E-state index contributed by atoms with van der Waals surface area (Å²) < 4.78 is 11.8. The maximum absolute atomic E-state index is 6.23. The van der Waals surface area contributed by atoms with Gasteiger partial charge in [0.05, 0.1) is 18.9 Å². The number of hydrogen-bond donors (Lipinski definition) is 2. The highest BCUT2D eigenvalue weighted by Gasteiger charge is 2.22. The number of furan rings is 1. The van der Waals surface area contributed by atoms with Gasteiger partial charge in [-0.3, -0.25) is 15.1 Å². The number of hydrogen-bond acceptors (Lipinski definition) is 9. The Labute approximate surface area is 195 Å². The molecular formula is C24H22N8O2. The van der Waals surface area contributed by atoms with E-state index in [4.69, 9.17) is 19.1 Å². The van der Waals surface area contributed by atoms with Crippen molar-refractivity contribution < 1.29 is 9.15 Å². The molecule has 1 aliphatic heterocycles. The highest BCUT2D eigenvalue weighted by atomic mass is 16.5. The molecule has 5 aromatic heterocycles. The number of morpholine rings is 1. The number of nitrogens with zero attached hydrogens (tertiary/aromatic N) is 6. The topological polar surface area (TPSA) is 118 Å². The number of fused-ring (bicyclic) bond motifs is 1. The Morgan fingerprint density at radius 2 is 1.79 bits per heavy atom. The molecule has 0 aliphatic carbocycles. The number of pyridine rings is 2. The quantitative estimate of drug-likeness (QED) is 0.407. The van der Waals surface area contributed by atoms with Crippen molar-refractivity contribution in [3.8, 4) is 22.6 Å². The molecule has 0 spiro atoms. The lowest BCUT2D eigenvalue weighted by Crippen LogP contribution is -2.37. The van der Waals surface area contributed by atoms with Crippen LogP contribution in [0.5, 0.6) is 0 Å². The number of nitrogens with one attached hydrogen (secondary N) is 2. The predicted octanol–water partition coefficient (Wildman–Crippen LogP) is 3.96. The number of rotatable bonds is 5. The number of aromatic nitrogens is 6. The van der Waals surface area contributed by atoms with Crippen molar-refractivity contribution in [3.63, 3.8) is 0 Å². The molecule has 6 heterocycles. The van der Waals surface area contributed by atoms with Crippen LogP contribution < -0.4 is 10.2 Å². The second kappa shape index (κ2) is 8.56. The first-order valence-corrected chi connectivity index (χ1v) is 11.0. The lowest BCUT2D eigenvalue weighted by Gasteiger charge is -2.27. The zero-order chi connectivity index (χ0) is 22.9. The number of anilines is 3. The molecule has 34 heavy (non-hydrogen) atoms. The number of aryl methyl sites for hydroxylation is 1. The van der Waals surface area contributed by atoms with Crippen molar-refractivity contribution >= 4 is 28.7 Å². The predicted molar refractivity (Wildman–Crippen MR) is 128 cm³/mol. The van der Waals surface area contributed by atoms with Crippen LogP contribution >= 0.6 is 0 Å². The van der Waals surface area contributed by atoms with Crippen LogP contribution in [0.15, 0.2) is 59.4 Å². The van der Waals surface area contributed by atoms with Gasteiger partial charge in [0.15, 0.2) is 17.2 Å². The van der Waals surface area contributed by atoms with Gasteiger partial charge in [-0.15, -0.1) is 0 Å². The second-order valence-electron chi connectivity index (χ2n) is 8.01. The van der Waals surface area contributed by atoms with Gasteiger partial charge < -0.3 is 19.4 Å². The summed E-state index contributed by atoms with van der Waals surface area (Å²) in [5.74, 6) is 2.51. The molecule has 0 atom stereocenters. The third-order valence-corrected chi connectivity index (χ3v) is 5.65. The van der Waals surface area contributed by atoms with Crippen LogP contribution in [0.25, 0.3) is 33.7 Å². The first kappa shape index (κ1) is 20.3. The molecule has 0 aromatic carbocycles. The highest BCUT2D eigenvalue weighted by Crippen LogP contribution is 2.33. The fraction of sp³-hybridized carbons (Fsp3) is 0.208. The van der Waals surface area contributed by atoms with Gasteiger partial charge in [0.25, 0.3) is 0 Å². The molecule has 0 amide bonds. The van der Waals surface area contributed by atoms with Gasteiger partial charge in [0.1, 0.15) is 11.3 Å². The van der Waals surface area contributed by atoms with Crippen LogP contribution in [0.4, 0.5) is 17.6 Å². The van der Waals surface area contributed by atoms with Crippen LogP contribution in [0, 0.1) is 6.92 Å². The fourth-order valence-electron chi connectivity index (χ4n) is 3.98. The van der Waals surface area contributed by atoms with Gasteiger partial charge >= 0.3 is 0 Å². The van der Waals surface area contributed by atoms with Gasteiger partial charge in [-0.05, 0) is 31.2 Å². The van der Waals surface area contributed by atoms with E-state index in [0.717, 1.165) is 41.4 Å². The second-order valence-corrected chi connectivity index (χ2v) is 8.01. The third kappa shape index (κ3) is 3.95. The molecule has 5 aromatic rings. The van der Waals surface area contributed by atoms with Crippen LogP contribution in [-0.2, 0) is 4.74 Å². The van der Waals surface area contributed by atoms with Crippen LogP contribution in [-0.4, -0.2) is 56.4 Å². The summed E-state index contributed by atoms with van der Waals surface area (Å²) in [5.41, 5.74) is 5.12. The van der Waals surface area contributed by atoms with Gasteiger partial charge in [0, 0.05) is 60.6 Å². The van der Waals surface area contributed by atoms with E-state index in [1.807, 2.05) is 43.3 Å². The Morgan fingerprint density at radius 3 is 2.62 bits per heavy atom. The van der Waals surface area contributed by atoms with Crippen molar-refractivity contribution in [1.82, 2.24) is 30.1 Å². The number of ether oxygens (including phenoxy) is 1. The van der Waals surface area contributed by atoms with Gasteiger partial charge in [-0.1, -0.05) is 0 Å². The summed E-state index contributed by atoms with van der Waals surface area (Å²) >= 11 is 0. The SMILES string of the molecule is Cc1cc(-c2cc(Nc3nc(N4CCOCC4)c4oc(-c5ccncc5)cc4n3)n[nH]2)ccn1. The molecule has 0 radical (unpaired) electrons. The van der Waals surface area contributed by atoms with Crippen molar-refractivity contribution in [1.29, 1.82) is 0 Å². The minimum absolute atomic E-state index is 0.444. The summed E-state index contributed by atoms with van der Waals surface area (Å²) in [6, 6.07) is 11.6. The molecule has 10 nitrogen and oxygen atoms in total. The van der Waals surface area contributed by atoms with E-state index in [0.29, 0.717) is 41.8 Å². The Bertz CT molecular complexity index is 1440. The Kier molecular flexibility index (Phi) is 5.11. The molecule has 0 unspecified atom stereocenters. The molecule has 1 aliphatic rings. The Balaban J connectivity index is 1.38. The zero-order valence-electron chi connectivity index (χ0n) is 18.5. The molecule has 0 saturated carbocycles. The Morgan fingerprint density at radius 1 is 0.971 bits per heavy atom. The normalized spacial score (nSPS) is 14.0. The fourth-order valence-corrected chi connectivity index (χ4v) is 3.98. The van der Waals surface area contributed by atoms with Crippen molar-refractivity contribution in [3.05, 3.63) is 60.7 Å². The maximum Gasteiger partial charge on any atom is 0.231 e. The molecular weight excluding hydrogens is 432 g/mol. The molecule has 0 bridgehead atoms. The molecule has 10 heteroatoms. The zero-order valence-corrected chi connectivity index (χ0v) is 18.5. The van der Waals surface area contributed by atoms with E-state index in [2.05, 4.69) is 30.4 Å². The lowest BCUT2D eigenvalue weighted by molar-refractivity contribution is 0.122. The monoisotopic (exact) mass is 454 g/mol. The van der Waals surface area contributed by atoms with E-state index < -0.39 is 0 Å². The van der Waals surface area contributed by atoms with Gasteiger partial charge in [0.2, 0.25) is 5.95 Å². The first-order valence-electron chi connectivity index (χ1n) is 11.0. The van der Waals surface area contributed by atoms with Gasteiger partial charge in [-0.25, -0.2) is 4.98 Å². The minimum Gasteiger partial charge on any atom is -0.450 e. The standard InChI is InChI=1S/C24H22N8O2/c1-15-12-17(4-7-26-15)18-14-21(31-30-18)28-24-27-19-13-20(16-2-5-25-6-3-16)34-22(19)23(29-24)32-8-10-33-11-9-32/h2-7,12-14H,8-11H2,1H3,(H2,27,28,29,30,31). The highest BCUT2D eigenvalue weighted by molar-refractivity contribution is 5.89. The summed E-state index contributed by atoms with van der Waals surface area (Å²) in [6.45, 7) is 4.69. The number of aromatic amines is 1. The summed E-state index contributed by atoms with van der Waals surface area (Å²) in [4.78, 5) is 20.0. The van der Waals surface area contributed by atoms with E-state index >= 15 is 0 Å². The lowest BCUT2D eigenvalue weighted by atomic mass is 10.2. The number of H-pyrrole nitrogens is 1. The van der Waals surface area contributed by atoms with Crippen LogP contribution in [0.3, 0.4) is 0 Å². The molecule has 1 fully saturated rings. The van der Waals surface area contributed by atoms with E-state index in [-0.39, 0.29) is 0 Å². The van der Waals surface area contributed by atoms with E-state index in [9.17, 15) is 0 Å². The molecule has 1 saturated heterocycles. The molecule has 170 valence electrons. The van der Waals surface area contributed by atoms with Crippen LogP contribution in [0.2, 0.25) is 0 Å². The van der Waals surface area contributed by atoms with Gasteiger partial charge in [-0.2, -0.15) is 10.1 Å². The third-order valence-electron chi connectivity index (χ3n) is 5.65. The Hall–Kier alpha value is -4.31. The molecule has 6 rings (SSSR count). The minimum atomic E-state index is 0.444. The van der Waals surface area contributed by atoms with Crippen LogP contribution in [0.1, 0.15) is 5.69 Å². The molecule has 2 N–H and O–H groups in total. The maximum atomic E-state index is 6.23. The van der Waals surface area contributed by atoms with Crippen molar-refractivity contribution in [2.45, 2.75) is 6.92 Å². The van der Waals surface area contributed by atoms with E-state index in [1.54, 1.807) is 18.6 Å².